The molecule has 1 aliphatic carbocycles. The first-order chi connectivity index (χ1) is 29.8. The number of nitrogens with one attached hydrogen (secondary N) is 1. The van der Waals surface area contributed by atoms with Crippen LogP contribution in [0.4, 0.5) is 0 Å². The van der Waals surface area contributed by atoms with Crippen molar-refractivity contribution in [1.29, 1.82) is 0 Å². The molecule has 2 aliphatic rings. The average Bonchev–Trinajstić information content (AvgIpc) is 3.66. The minimum Gasteiger partial charge on any atom is -0.373 e. The van der Waals surface area contributed by atoms with Gasteiger partial charge in [0.15, 0.2) is 0 Å². The lowest BCUT2D eigenvalue weighted by atomic mass is 9.82. The first-order valence-electron chi connectivity index (χ1n) is 20.7. The summed E-state index contributed by atoms with van der Waals surface area (Å²) in [5, 5.41) is 11.4. The Morgan fingerprint density at radius 3 is 1.70 bits per heavy atom. The molecule has 12 rings (SSSR count). The van der Waals surface area contributed by atoms with Crippen LogP contribution in [-0.4, -0.2) is 4.98 Å². The van der Waals surface area contributed by atoms with Gasteiger partial charge in [-0.05, 0) is 117 Å². The second-order valence-corrected chi connectivity index (χ2v) is 15.9. The molecule has 1 aromatic heterocycles. The van der Waals surface area contributed by atoms with Crippen LogP contribution in [0.1, 0.15) is 17.3 Å². The first-order valence-corrected chi connectivity index (χ1v) is 20.7. The van der Waals surface area contributed by atoms with E-state index in [-0.39, 0.29) is 6.04 Å². The maximum absolute atomic E-state index is 4.94. The molecule has 0 amide bonds. The Labute approximate surface area is 349 Å². The molecule has 0 spiro atoms. The number of benzene rings is 9. The van der Waals surface area contributed by atoms with E-state index in [9.17, 15) is 0 Å². The van der Waals surface area contributed by atoms with Gasteiger partial charge in [0.05, 0.1) is 17.4 Å². The highest BCUT2D eigenvalue weighted by molar-refractivity contribution is 6.28. The molecule has 280 valence electrons. The van der Waals surface area contributed by atoms with Gasteiger partial charge in [0.2, 0.25) is 0 Å². The van der Waals surface area contributed by atoms with Gasteiger partial charge in [-0.2, -0.15) is 0 Å². The highest BCUT2D eigenvalue weighted by Crippen LogP contribution is 2.58. The summed E-state index contributed by atoms with van der Waals surface area (Å²) in [6.45, 7) is 0. The highest BCUT2D eigenvalue weighted by atomic mass is 15.0. The van der Waals surface area contributed by atoms with Gasteiger partial charge in [-0.3, -0.25) is 4.98 Å². The van der Waals surface area contributed by atoms with Crippen molar-refractivity contribution >= 4 is 38.0 Å². The Morgan fingerprint density at radius 1 is 0.400 bits per heavy atom. The topological polar surface area (TPSA) is 24.9 Å². The summed E-state index contributed by atoms with van der Waals surface area (Å²) in [4.78, 5) is 4.94. The third-order valence-corrected chi connectivity index (χ3v) is 12.5. The molecule has 0 radical (unpaired) electrons. The summed E-state index contributed by atoms with van der Waals surface area (Å²) in [7, 11) is 0. The second kappa shape index (κ2) is 13.9. The van der Waals surface area contributed by atoms with E-state index in [1.54, 1.807) is 0 Å². The number of pyridine rings is 1. The van der Waals surface area contributed by atoms with Crippen molar-refractivity contribution < 1.29 is 0 Å². The van der Waals surface area contributed by atoms with Crippen molar-refractivity contribution in [3.05, 3.63) is 230 Å². The average molecular weight is 763 g/mol. The van der Waals surface area contributed by atoms with Gasteiger partial charge < -0.3 is 5.32 Å². The number of dihydropyridines is 1. The predicted octanol–water partition coefficient (Wildman–Crippen LogP) is 15.1. The van der Waals surface area contributed by atoms with Gasteiger partial charge in [0, 0.05) is 11.8 Å². The minimum atomic E-state index is 0.0834. The largest absolute Gasteiger partial charge is 0.373 e. The van der Waals surface area contributed by atoms with E-state index in [4.69, 9.17) is 4.98 Å². The van der Waals surface area contributed by atoms with Crippen molar-refractivity contribution in [2.45, 2.75) is 6.04 Å². The fourth-order valence-electron chi connectivity index (χ4n) is 9.71. The molecule has 2 nitrogen and oxygen atoms in total. The third-order valence-electron chi connectivity index (χ3n) is 12.5. The fraction of sp³-hybridized carbons (Fsp3) is 0.0172. The van der Waals surface area contributed by atoms with Crippen molar-refractivity contribution in [2.75, 3.05) is 0 Å². The fourth-order valence-corrected chi connectivity index (χ4v) is 9.71. The van der Waals surface area contributed by atoms with Crippen LogP contribution >= 0.6 is 0 Å². The number of rotatable bonds is 6. The molecule has 0 saturated carbocycles. The van der Waals surface area contributed by atoms with Crippen LogP contribution in [0.3, 0.4) is 0 Å². The predicted molar refractivity (Wildman–Crippen MR) is 252 cm³/mol. The zero-order chi connectivity index (χ0) is 39.6. The Bertz CT molecular complexity index is 3270. The molecule has 0 bridgehead atoms. The molecule has 2 heterocycles. The number of hydrogen-bond acceptors (Lipinski definition) is 2. The Balaban J connectivity index is 0.900. The Kier molecular flexibility index (Phi) is 7.96. The van der Waals surface area contributed by atoms with Gasteiger partial charge in [-0.25, -0.2) is 0 Å². The van der Waals surface area contributed by atoms with E-state index in [0.717, 1.165) is 22.5 Å². The molecule has 1 atom stereocenters. The first kappa shape index (κ1) is 34.3. The quantitative estimate of drug-likeness (QED) is 0.182. The Morgan fingerprint density at radius 2 is 1.00 bits per heavy atom. The lowest BCUT2D eigenvalue weighted by molar-refractivity contribution is 0.761. The van der Waals surface area contributed by atoms with Crippen LogP contribution in [0.5, 0.6) is 0 Å². The minimum absolute atomic E-state index is 0.0834. The summed E-state index contributed by atoms with van der Waals surface area (Å²) in [5.74, 6) is 0. The second-order valence-electron chi connectivity index (χ2n) is 15.9. The van der Waals surface area contributed by atoms with E-state index in [1.165, 1.54) is 93.5 Å². The van der Waals surface area contributed by atoms with Crippen LogP contribution in [0.15, 0.2) is 219 Å². The normalized spacial score (nSPS) is 14.0. The van der Waals surface area contributed by atoms with E-state index < -0.39 is 0 Å². The molecule has 1 unspecified atom stereocenters. The zero-order valence-corrected chi connectivity index (χ0v) is 32.8. The number of fused-ring (bicyclic) bond motifs is 5. The maximum atomic E-state index is 4.94. The number of hydrogen-bond donors (Lipinski definition) is 1. The summed E-state index contributed by atoms with van der Waals surface area (Å²) >= 11 is 0. The third kappa shape index (κ3) is 5.53. The molecule has 9 aromatic carbocycles. The van der Waals surface area contributed by atoms with Gasteiger partial charge in [0.25, 0.3) is 0 Å². The molecule has 60 heavy (non-hydrogen) atoms. The van der Waals surface area contributed by atoms with E-state index >= 15 is 0 Å². The molecule has 1 aliphatic heterocycles. The van der Waals surface area contributed by atoms with Crippen LogP contribution in [0.2, 0.25) is 0 Å². The molecular weight excluding hydrogens is 725 g/mol. The van der Waals surface area contributed by atoms with E-state index in [2.05, 4.69) is 218 Å². The SMILES string of the molecule is C1=CC(c2ccc3ccccc3c2)NC(c2ccc(-c3ccc(-c4ccc5c6c(cccc46)-c4c-5c(-c5ccccc5)c5ccccc5c4-c4ccccc4)cc3)cn2)=C1. The maximum Gasteiger partial charge on any atom is 0.0861 e. The van der Waals surface area contributed by atoms with Crippen LogP contribution in [-0.2, 0) is 0 Å². The summed E-state index contributed by atoms with van der Waals surface area (Å²) < 4.78 is 0. The highest BCUT2D eigenvalue weighted by Gasteiger charge is 2.31. The van der Waals surface area contributed by atoms with Crippen molar-refractivity contribution in [3.8, 4) is 66.8 Å². The zero-order valence-electron chi connectivity index (χ0n) is 32.8. The molecule has 0 saturated heterocycles. The van der Waals surface area contributed by atoms with Crippen molar-refractivity contribution in [3.63, 3.8) is 0 Å². The summed E-state index contributed by atoms with van der Waals surface area (Å²) in [6, 6.07) is 70.9. The van der Waals surface area contributed by atoms with Gasteiger partial charge >= 0.3 is 0 Å². The number of aromatic nitrogens is 1. The van der Waals surface area contributed by atoms with Crippen molar-refractivity contribution in [2.24, 2.45) is 0 Å². The smallest absolute Gasteiger partial charge is 0.0861 e. The van der Waals surface area contributed by atoms with Crippen LogP contribution in [0.25, 0.3) is 105 Å². The summed E-state index contributed by atoms with van der Waals surface area (Å²) in [5.41, 5.74) is 18.2. The number of nitrogens with zero attached hydrogens (tertiary/aromatic N) is 1. The van der Waals surface area contributed by atoms with Gasteiger partial charge in [-0.15, -0.1) is 0 Å². The molecule has 2 heteroatoms. The molecule has 0 fully saturated rings. The molecular formula is C58H38N2. The molecule has 1 N–H and O–H groups in total. The Hall–Kier alpha value is -7.81. The van der Waals surface area contributed by atoms with Gasteiger partial charge in [-0.1, -0.05) is 194 Å². The van der Waals surface area contributed by atoms with E-state index in [1.807, 2.05) is 6.20 Å². The number of allylic oxidation sites excluding steroid dienone is 2. The molecule has 10 aromatic rings. The van der Waals surface area contributed by atoms with Crippen LogP contribution in [0, 0.1) is 0 Å². The van der Waals surface area contributed by atoms with E-state index in [0.29, 0.717) is 0 Å². The van der Waals surface area contributed by atoms with Gasteiger partial charge in [0.1, 0.15) is 0 Å². The monoisotopic (exact) mass is 762 g/mol. The van der Waals surface area contributed by atoms with Crippen molar-refractivity contribution in [1.82, 2.24) is 10.3 Å². The summed E-state index contributed by atoms with van der Waals surface area (Å²) in [6.07, 6.45) is 8.44. The lowest BCUT2D eigenvalue weighted by Gasteiger charge is -2.22. The standard InChI is InChI=1S/C58H38N2/c1-3-14-40(15-4-1)54-47-19-9-10-20-48(47)55(41-16-5-2-6-17-41)58-50-33-32-45(46-21-11-22-49(56(46)50)57(54)58)39-28-25-38(26-29-39)44-31-34-52(59-36-44)53-24-12-23-51(60-53)43-30-27-37-13-7-8-18-42(37)35-43/h1-36,51,60H. The van der Waals surface area contributed by atoms with Crippen LogP contribution < -0.4 is 5.32 Å². The lowest BCUT2D eigenvalue weighted by Crippen LogP contribution is -2.20.